The third kappa shape index (κ3) is 3.12. The molecule has 1 atom stereocenters. The highest BCUT2D eigenvalue weighted by molar-refractivity contribution is 6.27. The van der Waals surface area contributed by atoms with E-state index in [0.29, 0.717) is 22.4 Å². The molecule has 9 nitrogen and oxygen atoms in total. The van der Waals surface area contributed by atoms with E-state index < -0.39 is 29.0 Å². The summed E-state index contributed by atoms with van der Waals surface area (Å²) in [5.41, 5.74) is 0.951. The maximum Gasteiger partial charge on any atom is 0.332 e. The molecule has 35 heavy (non-hydrogen) atoms. The van der Waals surface area contributed by atoms with Crippen LogP contribution in [0.3, 0.4) is 0 Å². The van der Waals surface area contributed by atoms with Crippen LogP contribution in [0.2, 0.25) is 0 Å². The lowest BCUT2D eigenvalue weighted by Gasteiger charge is -2.36. The third-order valence-electron chi connectivity index (χ3n) is 6.37. The lowest BCUT2D eigenvalue weighted by Crippen LogP contribution is -2.46. The normalized spacial score (nSPS) is 16.1. The van der Waals surface area contributed by atoms with Crippen molar-refractivity contribution < 1.29 is 19.1 Å². The Balaban J connectivity index is 1.93. The zero-order valence-corrected chi connectivity index (χ0v) is 19.5. The van der Waals surface area contributed by atoms with Gasteiger partial charge in [-0.25, -0.2) is 4.79 Å². The smallest absolute Gasteiger partial charge is 0.332 e. The number of hydrogen-bond acceptors (Lipinski definition) is 6. The minimum atomic E-state index is -0.906. The second-order valence-corrected chi connectivity index (χ2v) is 8.53. The van der Waals surface area contributed by atoms with E-state index in [1.807, 2.05) is 0 Å². The molecule has 5 rings (SSSR count). The number of fused-ring (bicyclic) bond motifs is 3. The lowest BCUT2D eigenvalue weighted by atomic mass is 9.81. The van der Waals surface area contributed by atoms with Crippen LogP contribution in [0.4, 0.5) is 5.82 Å². The number of allylic oxidation sites excluding steroid dienone is 1. The molecule has 0 N–H and O–H groups in total. The van der Waals surface area contributed by atoms with E-state index in [0.717, 1.165) is 4.57 Å². The van der Waals surface area contributed by atoms with Gasteiger partial charge in [-0.15, -0.1) is 0 Å². The second kappa shape index (κ2) is 7.76. The zero-order valence-electron chi connectivity index (χ0n) is 19.5. The summed E-state index contributed by atoms with van der Waals surface area (Å²) in [6.07, 6.45) is 0. The number of nitrogens with zero attached hydrogens (tertiary/aromatic N) is 3. The van der Waals surface area contributed by atoms with Gasteiger partial charge in [-0.3, -0.25) is 33.2 Å². The van der Waals surface area contributed by atoms with Gasteiger partial charge in [0.25, 0.3) is 5.56 Å². The lowest BCUT2D eigenvalue weighted by molar-refractivity contribution is -0.131. The van der Waals surface area contributed by atoms with Crippen LogP contribution in [0.1, 0.15) is 46.8 Å². The fraction of sp³-hybridized carbons (Fsp3) is 0.192. The fourth-order valence-electron chi connectivity index (χ4n) is 4.99. The number of Topliss-reactive ketones (excluding diaryl/α,β-unsaturated/α-hetero) is 1. The quantitative estimate of drug-likeness (QED) is 0.419. The van der Waals surface area contributed by atoms with Crippen LogP contribution in [0.25, 0.3) is 5.70 Å². The van der Waals surface area contributed by atoms with Crippen molar-refractivity contribution in [3.8, 4) is 5.75 Å². The molecule has 0 bridgehead atoms. The van der Waals surface area contributed by atoms with E-state index in [4.69, 9.17) is 4.74 Å². The molecule has 0 radical (unpaired) electrons. The van der Waals surface area contributed by atoms with Crippen molar-refractivity contribution in [1.82, 2.24) is 9.13 Å². The molecule has 2 aliphatic rings. The van der Waals surface area contributed by atoms with Gasteiger partial charge in [-0.1, -0.05) is 36.4 Å². The summed E-state index contributed by atoms with van der Waals surface area (Å²) in [6.45, 7) is 2.60. The molecule has 0 spiro atoms. The highest BCUT2D eigenvalue weighted by Crippen LogP contribution is 2.51. The van der Waals surface area contributed by atoms with Gasteiger partial charge in [0.1, 0.15) is 11.6 Å². The number of benzene rings is 2. The highest BCUT2D eigenvalue weighted by Gasteiger charge is 2.47. The summed E-state index contributed by atoms with van der Waals surface area (Å²) in [4.78, 5) is 66.0. The maximum absolute atomic E-state index is 13.7. The number of amides is 1. The predicted molar refractivity (Wildman–Crippen MR) is 127 cm³/mol. The molecule has 0 fully saturated rings. The van der Waals surface area contributed by atoms with Crippen molar-refractivity contribution in [3.05, 3.63) is 97.2 Å². The van der Waals surface area contributed by atoms with Crippen LogP contribution in [0.15, 0.2) is 63.7 Å². The van der Waals surface area contributed by atoms with Crippen molar-refractivity contribution in [3.63, 3.8) is 0 Å². The number of aromatic nitrogens is 2. The summed E-state index contributed by atoms with van der Waals surface area (Å²) in [5.74, 6) is -1.83. The molecule has 0 unspecified atom stereocenters. The maximum atomic E-state index is 13.7. The van der Waals surface area contributed by atoms with E-state index in [2.05, 4.69) is 0 Å². The monoisotopic (exact) mass is 471 g/mol. The Morgan fingerprint density at radius 3 is 2.23 bits per heavy atom. The topological polar surface area (TPSA) is 108 Å². The van der Waals surface area contributed by atoms with Crippen molar-refractivity contribution in [2.45, 2.75) is 19.8 Å². The van der Waals surface area contributed by atoms with Gasteiger partial charge in [0, 0.05) is 50.6 Å². The molecule has 1 aliphatic carbocycles. The van der Waals surface area contributed by atoms with Crippen LogP contribution < -0.4 is 20.9 Å². The zero-order chi connectivity index (χ0) is 25.2. The Bertz CT molecular complexity index is 1620. The number of esters is 1. The van der Waals surface area contributed by atoms with Gasteiger partial charge in [0.2, 0.25) is 5.91 Å². The summed E-state index contributed by atoms with van der Waals surface area (Å²) in [7, 11) is 2.83. The summed E-state index contributed by atoms with van der Waals surface area (Å²) in [5, 5.41) is 0. The second-order valence-electron chi connectivity index (χ2n) is 8.53. The van der Waals surface area contributed by atoms with Gasteiger partial charge < -0.3 is 4.74 Å². The minimum absolute atomic E-state index is 0.108. The Hall–Kier alpha value is -4.53. The molecule has 2 heterocycles. The van der Waals surface area contributed by atoms with E-state index in [9.17, 15) is 24.0 Å². The molecule has 1 aromatic heterocycles. The SMILES string of the molecule is CC(=O)Oc1cccc([C@@H]2C3=C(c4ccccc4C3=O)N(C(C)=O)c3c2c(=O)n(C)c(=O)n3C)c1. The summed E-state index contributed by atoms with van der Waals surface area (Å²) < 4.78 is 7.45. The van der Waals surface area contributed by atoms with Crippen molar-refractivity contribution in [1.29, 1.82) is 0 Å². The number of carbonyl (C=O) groups excluding carboxylic acids is 3. The number of ether oxygens (including phenoxy) is 1. The first-order valence-electron chi connectivity index (χ1n) is 10.9. The van der Waals surface area contributed by atoms with Gasteiger partial charge in [-0.2, -0.15) is 0 Å². The molecule has 9 heteroatoms. The predicted octanol–water partition coefficient (Wildman–Crippen LogP) is 2.12. The third-order valence-corrected chi connectivity index (χ3v) is 6.37. The Morgan fingerprint density at radius 1 is 0.886 bits per heavy atom. The highest BCUT2D eigenvalue weighted by atomic mass is 16.5. The average Bonchev–Trinajstić information content (AvgIpc) is 3.12. The number of rotatable bonds is 2. The van der Waals surface area contributed by atoms with Crippen LogP contribution in [0, 0.1) is 0 Å². The first kappa shape index (κ1) is 22.3. The molecule has 1 amide bonds. The average molecular weight is 471 g/mol. The van der Waals surface area contributed by atoms with E-state index in [-0.39, 0.29) is 28.5 Å². The van der Waals surface area contributed by atoms with Crippen molar-refractivity contribution >= 4 is 29.2 Å². The number of carbonyl (C=O) groups is 3. The van der Waals surface area contributed by atoms with Gasteiger partial charge in [0.05, 0.1) is 11.3 Å². The van der Waals surface area contributed by atoms with E-state index in [1.54, 1.807) is 48.5 Å². The van der Waals surface area contributed by atoms with Crippen LogP contribution in [-0.2, 0) is 23.7 Å². The van der Waals surface area contributed by atoms with Gasteiger partial charge in [0.15, 0.2) is 5.78 Å². The minimum Gasteiger partial charge on any atom is -0.427 e. The van der Waals surface area contributed by atoms with E-state index in [1.165, 1.54) is 37.4 Å². The molecule has 0 saturated heterocycles. The number of anilines is 1. The van der Waals surface area contributed by atoms with Crippen LogP contribution in [0.5, 0.6) is 5.75 Å². The van der Waals surface area contributed by atoms with Crippen molar-refractivity contribution in [2.75, 3.05) is 4.90 Å². The molecule has 176 valence electrons. The standard InChI is InChI=1S/C26H21N3O6/c1-13(30)29-22-17-10-5-6-11-18(17)23(32)20(22)19(15-8-7-9-16(12-15)35-14(2)31)21-24(29)27(3)26(34)28(4)25(21)33/h5-12,19H,1-4H3/t19-/m1/s1. The first-order valence-corrected chi connectivity index (χ1v) is 10.9. The molecule has 0 saturated carbocycles. The summed E-state index contributed by atoms with van der Waals surface area (Å²) >= 11 is 0. The molecule has 2 aromatic carbocycles. The first-order chi connectivity index (χ1) is 16.6. The van der Waals surface area contributed by atoms with Crippen molar-refractivity contribution in [2.24, 2.45) is 14.1 Å². The summed E-state index contributed by atoms with van der Waals surface area (Å²) in [6, 6.07) is 13.5. The molecule has 1 aliphatic heterocycles. The Labute approximate surface area is 199 Å². The Morgan fingerprint density at radius 2 is 1.57 bits per heavy atom. The van der Waals surface area contributed by atoms with Crippen LogP contribution >= 0.6 is 0 Å². The van der Waals surface area contributed by atoms with Gasteiger partial charge in [-0.05, 0) is 17.7 Å². The molecule has 3 aromatic rings. The van der Waals surface area contributed by atoms with Crippen LogP contribution in [-0.4, -0.2) is 26.8 Å². The number of hydrogen-bond donors (Lipinski definition) is 0. The van der Waals surface area contributed by atoms with Gasteiger partial charge >= 0.3 is 11.7 Å². The molecular formula is C26H21N3O6. The molecular weight excluding hydrogens is 450 g/mol. The fourth-order valence-corrected chi connectivity index (χ4v) is 4.99. The number of ketones is 1. The Kier molecular flexibility index (Phi) is 4.94. The van der Waals surface area contributed by atoms with E-state index >= 15 is 0 Å². The largest absolute Gasteiger partial charge is 0.427 e.